The van der Waals surface area contributed by atoms with E-state index in [0.29, 0.717) is 32.3 Å². The number of benzene rings is 1. The van der Waals surface area contributed by atoms with Crippen molar-refractivity contribution in [3.8, 4) is 17.2 Å². The molecule has 0 atom stereocenters. The predicted octanol–water partition coefficient (Wildman–Crippen LogP) is 1.42. The zero-order valence-corrected chi connectivity index (χ0v) is 10.0. The Morgan fingerprint density at radius 2 is 2.05 bits per heavy atom. The quantitative estimate of drug-likeness (QED) is 0.885. The molecule has 3 rings (SSSR count). The molecular formula is C12H12FN3O3. The van der Waals surface area contributed by atoms with Crippen LogP contribution in [0.1, 0.15) is 0 Å². The van der Waals surface area contributed by atoms with Crippen LogP contribution in [-0.2, 0) is 4.74 Å². The number of aromatic nitrogens is 2. The third kappa shape index (κ3) is 2.24. The molecule has 1 fully saturated rings. The Hall–Kier alpha value is -2.15. The van der Waals surface area contributed by atoms with Crippen molar-refractivity contribution in [1.29, 1.82) is 0 Å². The molecule has 0 saturated carbocycles. The van der Waals surface area contributed by atoms with E-state index in [-0.39, 0.29) is 17.2 Å². The van der Waals surface area contributed by atoms with Gasteiger partial charge >= 0.3 is 0 Å². The van der Waals surface area contributed by atoms with Crippen LogP contribution in [0.5, 0.6) is 5.75 Å². The second-order valence-electron chi connectivity index (χ2n) is 4.13. The van der Waals surface area contributed by atoms with Crippen molar-refractivity contribution in [1.82, 2.24) is 10.1 Å². The lowest BCUT2D eigenvalue weighted by Gasteiger charge is -2.24. The molecule has 1 aliphatic heterocycles. The zero-order chi connectivity index (χ0) is 13.2. The highest BCUT2D eigenvalue weighted by molar-refractivity contribution is 5.63. The summed E-state index contributed by atoms with van der Waals surface area (Å²) >= 11 is 0. The van der Waals surface area contributed by atoms with Crippen LogP contribution in [-0.4, -0.2) is 41.6 Å². The van der Waals surface area contributed by atoms with Gasteiger partial charge in [-0.2, -0.15) is 4.98 Å². The van der Waals surface area contributed by atoms with Gasteiger partial charge in [-0.05, 0) is 17.3 Å². The molecule has 6 nitrogen and oxygen atoms in total. The number of hydrogen-bond donors (Lipinski definition) is 1. The largest absolute Gasteiger partial charge is 0.507 e. The van der Waals surface area contributed by atoms with Crippen molar-refractivity contribution in [2.45, 2.75) is 0 Å². The van der Waals surface area contributed by atoms with Crippen LogP contribution >= 0.6 is 0 Å². The molecular weight excluding hydrogens is 253 g/mol. The maximum atomic E-state index is 13.7. The summed E-state index contributed by atoms with van der Waals surface area (Å²) in [6.07, 6.45) is 0. The van der Waals surface area contributed by atoms with E-state index in [1.165, 1.54) is 18.2 Å². The van der Waals surface area contributed by atoms with Crippen LogP contribution in [0.4, 0.5) is 10.3 Å². The van der Waals surface area contributed by atoms with Crippen molar-refractivity contribution in [3.63, 3.8) is 0 Å². The lowest BCUT2D eigenvalue weighted by Crippen LogP contribution is -2.36. The second kappa shape index (κ2) is 4.85. The fourth-order valence-corrected chi connectivity index (χ4v) is 1.93. The highest BCUT2D eigenvalue weighted by Gasteiger charge is 2.21. The first-order valence-corrected chi connectivity index (χ1v) is 5.90. The van der Waals surface area contributed by atoms with Gasteiger partial charge in [0.1, 0.15) is 17.1 Å². The highest BCUT2D eigenvalue weighted by Crippen LogP contribution is 2.31. The van der Waals surface area contributed by atoms with Gasteiger partial charge in [-0.15, -0.1) is 0 Å². The van der Waals surface area contributed by atoms with Gasteiger partial charge in [0.05, 0.1) is 13.2 Å². The summed E-state index contributed by atoms with van der Waals surface area (Å²) in [6.45, 7) is 2.49. The Morgan fingerprint density at radius 3 is 2.79 bits per heavy atom. The van der Waals surface area contributed by atoms with Gasteiger partial charge in [0.15, 0.2) is 0 Å². The number of phenols is 1. The number of morpholine rings is 1. The molecule has 1 aromatic heterocycles. The molecule has 0 bridgehead atoms. The number of hydrogen-bond acceptors (Lipinski definition) is 6. The average Bonchev–Trinajstić information content (AvgIpc) is 2.89. The molecule has 0 unspecified atom stereocenters. The molecule has 100 valence electrons. The van der Waals surface area contributed by atoms with Crippen molar-refractivity contribution in [2.75, 3.05) is 31.2 Å². The van der Waals surface area contributed by atoms with E-state index in [2.05, 4.69) is 10.1 Å². The molecule has 19 heavy (non-hydrogen) atoms. The van der Waals surface area contributed by atoms with Crippen LogP contribution in [0, 0.1) is 5.82 Å². The van der Waals surface area contributed by atoms with E-state index in [9.17, 15) is 9.50 Å². The van der Waals surface area contributed by atoms with Crippen LogP contribution in [0.25, 0.3) is 11.5 Å². The normalized spacial score (nSPS) is 15.7. The maximum absolute atomic E-state index is 13.7. The van der Waals surface area contributed by atoms with Gasteiger partial charge in [-0.1, -0.05) is 6.07 Å². The van der Waals surface area contributed by atoms with Gasteiger partial charge < -0.3 is 19.3 Å². The summed E-state index contributed by atoms with van der Waals surface area (Å²) in [5.41, 5.74) is -0.0745. The minimum atomic E-state index is -0.600. The Balaban J connectivity index is 1.92. The summed E-state index contributed by atoms with van der Waals surface area (Å²) < 4.78 is 23.9. The molecule has 1 saturated heterocycles. The van der Waals surface area contributed by atoms with Crippen LogP contribution in [0.2, 0.25) is 0 Å². The second-order valence-corrected chi connectivity index (χ2v) is 4.13. The Bertz CT molecular complexity index is 561. The summed E-state index contributed by atoms with van der Waals surface area (Å²) in [5.74, 6) is -0.479. The molecule has 7 heteroatoms. The Labute approximate surface area is 108 Å². The van der Waals surface area contributed by atoms with Gasteiger partial charge in [0.25, 0.3) is 11.8 Å². The number of aromatic hydroxyl groups is 1. The molecule has 1 N–H and O–H groups in total. The lowest BCUT2D eigenvalue weighted by molar-refractivity contribution is 0.121. The number of halogens is 1. The van der Waals surface area contributed by atoms with Gasteiger partial charge in [0.2, 0.25) is 0 Å². The smallest absolute Gasteiger partial charge is 0.266 e. The third-order valence-corrected chi connectivity index (χ3v) is 2.91. The van der Waals surface area contributed by atoms with Crippen molar-refractivity contribution < 1.29 is 18.8 Å². The van der Waals surface area contributed by atoms with Gasteiger partial charge in [-0.25, -0.2) is 4.39 Å². The standard InChI is InChI=1S/C12H12FN3O3/c13-8-2-1-3-9(17)10(8)11-14-12(15-19-11)16-4-6-18-7-5-16/h1-3,17H,4-7H2. The minimum Gasteiger partial charge on any atom is -0.507 e. The molecule has 2 aromatic rings. The van der Waals surface area contributed by atoms with E-state index < -0.39 is 5.82 Å². The highest BCUT2D eigenvalue weighted by atomic mass is 19.1. The lowest BCUT2D eigenvalue weighted by atomic mass is 10.2. The number of anilines is 1. The van der Waals surface area contributed by atoms with Crippen LogP contribution in [0.3, 0.4) is 0 Å². The average molecular weight is 265 g/mol. The van der Waals surface area contributed by atoms with Gasteiger partial charge in [-0.3, -0.25) is 0 Å². The van der Waals surface area contributed by atoms with Gasteiger partial charge in [0, 0.05) is 13.1 Å². The van der Waals surface area contributed by atoms with E-state index in [1.54, 1.807) is 0 Å². The number of ether oxygens (including phenoxy) is 1. The van der Waals surface area contributed by atoms with Crippen LogP contribution in [0.15, 0.2) is 22.7 Å². The Morgan fingerprint density at radius 1 is 1.26 bits per heavy atom. The molecule has 2 heterocycles. The monoisotopic (exact) mass is 265 g/mol. The topological polar surface area (TPSA) is 71.6 Å². The first-order valence-electron chi connectivity index (χ1n) is 5.90. The summed E-state index contributed by atoms with van der Waals surface area (Å²) in [6, 6.07) is 4.01. The summed E-state index contributed by atoms with van der Waals surface area (Å²) in [7, 11) is 0. The van der Waals surface area contributed by atoms with Crippen molar-refractivity contribution >= 4 is 5.95 Å². The Kier molecular flexibility index (Phi) is 3.04. The number of nitrogens with zero attached hydrogens (tertiary/aromatic N) is 3. The predicted molar refractivity (Wildman–Crippen MR) is 64.4 cm³/mol. The molecule has 0 amide bonds. The van der Waals surface area contributed by atoms with E-state index in [4.69, 9.17) is 9.26 Å². The fourth-order valence-electron chi connectivity index (χ4n) is 1.93. The zero-order valence-electron chi connectivity index (χ0n) is 10.0. The van der Waals surface area contributed by atoms with E-state index in [1.807, 2.05) is 4.90 Å². The minimum absolute atomic E-state index is 0.0305. The van der Waals surface area contributed by atoms with E-state index >= 15 is 0 Å². The molecule has 1 aliphatic rings. The summed E-state index contributed by atoms with van der Waals surface area (Å²) in [5, 5.41) is 13.5. The van der Waals surface area contributed by atoms with Crippen molar-refractivity contribution in [2.24, 2.45) is 0 Å². The molecule has 0 radical (unpaired) electrons. The van der Waals surface area contributed by atoms with E-state index in [0.717, 1.165) is 0 Å². The van der Waals surface area contributed by atoms with Crippen LogP contribution < -0.4 is 4.90 Å². The summed E-state index contributed by atoms with van der Waals surface area (Å²) in [4.78, 5) is 6.00. The SMILES string of the molecule is Oc1cccc(F)c1-c1nc(N2CCOCC2)no1. The molecule has 0 spiro atoms. The number of rotatable bonds is 2. The molecule has 0 aliphatic carbocycles. The first kappa shape index (κ1) is 11.9. The third-order valence-electron chi connectivity index (χ3n) is 2.91. The molecule has 1 aromatic carbocycles. The van der Waals surface area contributed by atoms with Crippen molar-refractivity contribution in [3.05, 3.63) is 24.0 Å². The number of phenolic OH excluding ortho intramolecular Hbond substituents is 1. The fraction of sp³-hybridized carbons (Fsp3) is 0.333. The first-order chi connectivity index (χ1) is 9.25. The maximum Gasteiger partial charge on any atom is 0.266 e.